The molecule has 1 heterocycles. The lowest BCUT2D eigenvalue weighted by molar-refractivity contribution is 0.326. The van der Waals surface area contributed by atoms with Crippen LogP contribution in [0.3, 0.4) is 0 Å². The number of hydrogen-bond donors (Lipinski definition) is 1. The molecule has 0 amide bonds. The second-order valence-electron chi connectivity index (χ2n) is 5.14. The van der Waals surface area contributed by atoms with Crippen LogP contribution < -0.4 is 5.32 Å². The monoisotopic (exact) mass is 228 g/mol. The molecule has 1 aliphatic carbocycles. The molecule has 2 rings (SSSR count). The van der Waals surface area contributed by atoms with Crippen LogP contribution in [-0.2, 0) is 0 Å². The summed E-state index contributed by atoms with van der Waals surface area (Å²) in [6, 6.07) is 0.879. The molecule has 0 bridgehead atoms. The Morgan fingerprint density at radius 2 is 2.20 bits per heavy atom. The highest BCUT2D eigenvalue weighted by Crippen LogP contribution is 2.22. The van der Waals surface area contributed by atoms with Crippen molar-refractivity contribution >= 4 is 11.8 Å². The molecule has 1 saturated carbocycles. The number of rotatable bonds is 6. The van der Waals surface area contributed by atoms with E-state index >= 15 is 0 Å². The molecule has 0 radical (unpaired) electrons. The Morgan fingerprint density at radius 1 is 1.40 bits per heavy atom. The molecule has 1 aliphatic heterocycles. The van der Waals surface area contributed by atoms with Crippen LogP contribution in [0.4, 0.5) is 0 Å². The van der Waals surface area contributed by atoms with Gasteiger partial charge in [0.1, 0.15) is 0 Å². The van der Waals surface area contributed by atoms with Gasteiger partial charge in [0, 0.05) is 24.4 Å². The molecule has 2 nitrogen and oxygen atoms in total. The van der Waals surface area contributed by atoms with Crippen molar-refractivity contribution in [1.29, 1.82) is 0 Å². The minimum atomic E-state index is 0.792. The van der Waals surface area contributed by atoms with E-state index in [0.717, 1.165) is 17.2 Å². The highest BCUT2D eigenvalue weighted by molar-refractivity contribution is 7.99. The van der Waals surface area contributed by atoms with Gasteiger partial charge in [0.25, 0.3) is 0 Å². The maximum absolute atomic E-state index is 3.65. The maximum atomic E-state index is 3.65. The third kappa shape index (κ3) is 3.97. The fourth-order valence-electron chi connectivity index (χ4n) is 2.30. The predicted octanol–water partition coefficient (Wildman–Crippen LogP) is 1.81. The standard InChI is InChI=1S/C12H24N2S/c1-10(15-2)8-14-6-5-11(9-14)7-13-12-3-4-12/h10-13H,3-9H2,1-2H3. The van der Waals surface area contributed by atoms with Crippen molar-refractivity contribution in [2.45, 2.75) is 37.5 Å². The number of nitrogens with one attached hydrogen (secondary N) is 1. The van der Waals surface area contributed by atoms with Crippen molar-refractivity contribution in [3.05, 3.63) is 0 Å². The fraction of sp³-hybridized carbons (Fsp3) is 1.00. The summed E-state index contributed by atoms with van der Waals surface area (Å²) in [5, 5.41) is 4.45. The summed E-state index contributed by atoms with van der Waals surface area (Å²) in [5.41, 5.74) is 0. The Hall–Kier alpha value is 0.270. The smallest absolute Gasteiger partial charge is 0.0143 e. The van der Waals surface area contributed by atoms with Crippen molar-refractivity contribution in [1.82, 2.24) is 10.2 Å². The third-order valence-electron chi connectivity index (χ3n) is 3.56. The number of thioether (sulfide) groups is 1. The van der Waals surface area contributed by atoms with E-state index in [1.807, 2.05) is 11.8 Å². The van der Waals surface area contributed by atoms with Crippen molar-refractivity contribution in [2.24, 2.45) is 5.92 Å². The van der Waals surface area contributed by atoms with Gasteiger partial charge in [0.05, 0.1) is 0 Å². The van der Waals surface area contributed by atoms with Gasteiger partial charge in [-0.25, -0.2) is 0 Å². The summed E-state index contributed by atoms with van der Waals surface area (Å²) in [6.07, 6.45) is 6.45. The molecule has 0 aromatic heterocycles. The fourth-order valence-corrected chi connectivity index (χ4v) is 2.66. The zero-order valence-electron chi connectivity index (χ0n) is 10.0. The van der Waals surface area contributed by atoms with E-state index in [-0.39, 0.29) is 0 Å². The Morgan fingerprint density at radius 3 is 2.87 bits per heavy atom. The van der Waals surface area contributed by atoms with Crippen LogP contribution in [0.5, 0.6) is 0 Å². The van der Waals surface area contributed by atoms with E-state index in [1.54, 1.807) is 0 Å². The summed E-state index contributed by atoms with van der Waals surface area (Å²) in [5.74, 6) is 0.916. The van der Waals surface area contributed by atoms with Gasteiger partial charge >= 0.3 is 0 Å². The first-order valence-electron chi connectivity index (χ1n) is 6.26. The van der Waals surface area contributed by atoms with E-state index in [0.29, 0.717) is 0 Å². The molecule has 15 heavy (non-hydrogen) atoms. The molecule has 2 atom stereocenters. The summed E-state index contributed by atoms with van der Waals surface area (Å²) < 4.78 is 0. The van der Waals surface area contributed by atoms with Gasteiger partial charge in [-0.3, -0.25) is 0 Å². The molecular formula is C12H24N2S. The van der Waals surface area contributed by atoms with Gasteiger partial charge in [-0.05, 0) is 44.5 Å². The minimum absolute atomic E-state index is 0.792. The molecule has 0 aromatic rings. The minimum Gasteiger partial charge on any atom is -0.314 e. The van der Waals surface area contributed by atoms with Crippen LogP contribution >= 0.6 is 11.8 Å². The summed E-state index contributed by atoms with van der Waals surface area (Å²) >= 11 is 1.98. The lowest BCUT2D eigenvalue weighted by Gasteiger charge is -2.19. The number of nitrogens with zero attached hydrogens (tertiary/aromatic N) is 1. The van der Waals surface area contributed by atoms with Gasteiger partial charge in [-0.1, -0.05) is 6.92 Å². The van der Waals surface area contributed by atoms with Gasteiger partial charge in [0.2, 0.25) is 0 Å². The Bertz CT molecular complexity index is 194. The first-order chi connectivity index (χ1) is 7.28. The molecule has 2 fully saturated rings. The SMILES string of the molecule is CSC(C)CN1CCC(CNC2CC2)C1. The molecule has 1 saturated heterocycles. The zero-order valence-corrected chi connectivity index (χ0v) is 10.9. The average Bonchev–Trinajstić information content (AvgIpc) is 2.97. The molecular weight excluding hydrogens is 204 g/mol. The number of hydrogen-bond acceptors (Lipinski definition) is 3. The second kappa shape index (κ2) is 5.55. The van der Waals surface area contributed by atoms with Crippen LogP contribution in [0.25, 0.3) is 0 Å². The molecule has 88 valence electrons. The van der Waals surface area contributed by atoms with E-state index in [1.165, 1.54) is 45.4 Å². The molecule has 1 N–H and O–H groups in total. The second-order valence-corrected chi connectivity index (χ2v) is 6.42. The third-order valence-corrected chi connectivity index (χ3v) is 4.51. The highest BCUT2D eigenvalue weighted by atomic mass is 32.2. The topological polar surface area (TPSA) is 15.3 Å². The van der Waals surface area contributed by atoms with Gasteiger partial charge in [0.15, 0.2) is 0 Å². The lowest BCUT2D eigenvalue weighted by Crippen LogP contribution is -2.30. The average molecular weight is 228 g/mol. The molecule has 2 aliphatic rings. The largest absolute Gasteiger partial charge is 0.314 e. The molecule has 3 heteroatoms. The van der Waals surface area contributed by atoms with Crippen LogP contribution in [0.15, 0.2) is 0 Å². The first-order valence-corrected chi connectivity index (χ1v) is 7.55. The van der Waals surface area contributed by atoms with E-state index < -0.39 is 0 Å². The van der Waals surface area contributed by atoms with Crippen LogP contribution in [0.1, 0.15) is 26.2 Å². The Balaban J connectivity index is 1.60. The molecule has 0 aromatic carbocycles. The normalized spacial score (nSPS) is 29.6. The lowest BCUT2D eigenvalue weighted by atomic mass is 10.1. The van der Waals surface area contributed by atoms with E-state index in [9.17, 15) is 0 Å². The first kappa shape index (κ1) is 11.7. The van der Waals surface area contributed by atoms with E-state index in [2.05, 4.69) is 23.4 Å². The molecule has 2 unspecified atom stereocenters. The summed E-state index contributed by atoms with van der Waals surface area (Å²) in [4.78, 5) is 2.64. The van der Waals surface area contributed by atoms with Gasteiger partial charge in [-0.15, -0.1) is 0 Å². The number of likely N-dealkylation sites (tertiary alicyclic amines) is 1. The van der Waals surface area contributed by atoms with Crippen molar-refractivity contribution < 1.29 is 0 Å². The van der Waals surface area contributed by atoms with Crippen LogP contribution in [0.2, 0.25) is 0 Å². The predicted molar refractivity (Wildman–Crippen MR) is 68.5 cm³/mol. The van der Waals surface area contributed by atoms with Crippen molar-refractivity contribution in [3.8, 4) is 0 Å². The maximum Gasteiger partial charge on any atom is 0.0143 e. The van der Waals surface area contributed by atoms with Crippen LogP contribution in [-0.4, -0.2) is 48.6 Å². The van der Waals surface area contributed by atoms with Crippen molar-refractivity contribution in [2.75, 3.05) is 32.4 Å². The van der Waals surface area contributed by atoms with Gasteiger partial charge in [-0.2, -0.15) is 11.8 Å². The molecule has 0 spiro atoms. The Labute approximate surface area is 98.2 Å². The zero-order chi connectivity index (χ0) is 10.7. The summed E-state index contributed by atoms with van der Waals surface area (Å²) in [6.45, 7) is 7.52. The summed E-state index contributed by atoms with van der Waals surface area (Å²) in [7, 11) is 0. The van der Waals surface area contributed by atoms with E-state index in [4.69, 9.17) is 0 Å². The Kier molecular flexibility index (Phi) is 4.35. The quantitative estimate of drug-likeness (QED) is 0.746. The van der Waals surface area contributed by atoms with Crippen molar-refractivity contribution in [3.63, 3.8) is 0 Å². The van der Waals surface area contributed by atoms with Gasteiger partial charge < -0.3 is 10.2 Å². The highest BCUT2D eigenvalue weighted by Gasteiger charge is 2.26. The van der Waals surface area contributed by atoms with Crippen LogP contribution in [0, 0.1) is 5.92 Å².